The second kappa shape index (κ2) is 10.5. The first kappa shape index (κ1) is 24.1. The number of anilines is 1. The third-order valence-corrected chi connectivity index (χ3v) is 6.15. The zero-order valence-electron chi connectivity index (χ0n) is 20.0. The first-order chi connectivity index (χ1) is 16.9. The van der Waals surface area contributed by atoms with Gasteiger partial charge < -0.3 is 16.4 Å². The average molecular weight is 475 g/mol. The molecule has 0 saturated heterocycles. The third-order valence-electron chi connectivity index (χ3n) is 6.15. The summed E-state index contributed by atoms with van der Waals surface area (Å²) in [5.74, 6) is -0.241. The van der Waals surface area contributed by atoms with Crippen molar-refractivity contribution < 1.29 is 9.59 Å². The van der Waals surface area contributed by atoms with Gasteiger partial charge in [-0.05, 0) is 30.4 Å². The van der Waals surface area contributed by atoms with E-state index in [9.17, 15) is 9.59 Å². The Morgan fingerprint density at radius 2 is 1.83 bits per heavy atom. The fourth-order valence-corrected chi connectivity index (χ4v) is 3.90. The summed E-state index contributed by atoms with van der Waals surface area (Å²) in [5.41, 5.74) is 14.9. The molecule has 4 N–H and O–H groups in total. The van der Waals surface area contributed by atoms with Crippen molar-refractivity contribution >= 4 is 23.6 Å². The number of hydrogen-bond donors (Lipinski definition) is 2. The molecule has 0 spiro atoms. The Labute approximate surface area is 204 Å². The number of amides is 2. The summed E-state index contributed by atoms with van der Waals surface area (Å²) in [6.45, 7) is 2.14. The standard InChI is InChI=1S/C25H30N8O2/c1-3-4-21(17-7-5-16(6-8-17)18-11-28-25(27)29-12-18)23(26)31-24(35)19-13-30-33(14-19)15-22(34)32(2)20-9-10-20/h5-8,11-14,20-21H,3-4,9-10,15H2,1-2H3,(H2,26,31,35)(H2,27,28,29). The van der Waals surface area contributed by atoms with Crippen LogP contribution < -0.4 is 11.5 Å². The zero-order chi connectivity index (χ0) is 24.9. The lowest BCUT2D eigenvalue weighted by molar-refractivity contribution is -0.131. The molecule has 1 aliphatic rings. The van der Waals surface area contributed by atoms with Gasteiger partial charge in [-0.25, -0.2) is 9.97 Å². The van der Waals surface area contributed by atoms with Crippen LogP contribution in [0.5, 0.6) is 0 Å². The molecule has 10 heteroatoms. The fraction of sp³-hybridized carbons (Fsp3) is 0.360. The number of likely N-dealkylation sites (N-methyl/N-ethyl adjacent to an activating group) is 1. The Morgan fingerprint density at radius 3 is 2.46 bits per heavy atom. The SMILES string of the molecule is CCCC(C(N)=NC(=O)c1cnn(CC(=O)N(C)C2CC2)c1)c1ccc(-c2cnc(N)nc2)cc1. The highest BCUT2D eigenvalue weighted by molar-refractivity contribution is 6.04. The summed E-state index contributed by atoms with van der Waals surface area (Å²) >= 11 is 0. The molecular formula is C25H30N8O2. The van der Waals surface area contributed by atoms with Crippen molar-refractivity contribution in [1.82, 2.24) is 24.6 Å². The Balaban J connectivity index is 1.46. The van der Waals surface area contributed by atoms with Crippen LogP contribution in [0.15, 0.2) is 54.0 Å². The minimum Gasteiger partial charge on any atom is -0.387 e. The van der Waals surface area contributed by atoms with E-state index in [0.29, 0.717) is 11.6 Å². The monoisotopic (exact) mass is 474 g/mol. The molecule has 0 bridgehead atoms. The van der Waals surface area contributed by atoms with E-state index in [0.717, 1.165) is 42.4 Å². The summed E-state index contributed by atoms with van der Waals surface area (Å²) in [4.78, 5) is 39.1. The molecule has 1 aliphatic carbocycles. The fourth-order valence-electron chi connectivity index (χ4n) is 3.90. The lowest BCUT2D eigenvalue weighted by atomic mass is 9.92. The predicted octanol–water partition coefficient (Wildman–Crippen LogP) is 2.62. The minimum absolute atomic E-state index is 0.0328. The van der Waals surface area contributed by atoms with E-state index in [4.69, 9.17) is 11.5 Å². The summed E-state index contributed by atoms with van der Waals surface area (Å²) in [6.07, 6.45) is 10.00. The number of hydrogen-bond acceptors (Lipinski definition) is 6. The molecule has 0 radical (unpaired) electrons. The number of carbonyl (C=O) groups excluding carboxylic acids is 2. The summed E-state index contributed by atoms with van der Waals surface area (Å²) in [5, 5.41) is 4.15. The molecule has 10 nitrogen and oxygen atoms in total. The summed E-state index contributed by atoms with van der Waals surface area (Å²) in [7, 11) is 1.80. The molecule has 35 heavy (non-hydrogen) atoms. The Morgan fingerprint density at radius 1 is 1.14 bits per heavy atom. The van der Waals surface area contributed by atoms with Gasteiger partial charge in [0.05, 0.1) is 11.8 Å². The van der Waals surface area contributed by atoms with E-state index in [1.165, 1.54) is 17.1 Å². The normalized spacial score (nSPS) is 14.5. The lowest BCUT2D eigenvalue weighted by Crippen LogP contribution is -2.32. The molecule has 1 atom stereocenters. The van der Waals surface area contributed by atoms with Crippen molar-refractivity contribution in [3.05, 3.63) is 60.2 Å². The first-order valence-electron chi connectivity index (χ1n) is 11.7. The maximum atomic E-state index is 12.8. The number of nitrogen functional groups attached to an aromatic ring is 1. The van der Waals surface area contributed by atoms with E-state index in [1.807, 2.05) is 24.3 Å². The van der Waals surface area contributed by atoms with Gasteiger partial charge >= 0.3 is 0 Å². The number of aliphatic imine (C=N–C) groups is 1. The smallest absolute Gasteiger partial charge is 0.281 e. The Bertz CT molecular complexity index is 1210. The van der Waals surface area contributed by atoms with Gasteiger partial charge in [0, 0.05) is 43.2 Å². The number of nitrogens with two attached hydrogens (primary N) is 2. The Hall–Kier alpha value is -4.08. The minimum atomic E-state index is -0.478. The van der Waals surface area contributed by atoms with Gasteiger partial charge in [0.2, 0.25) is 11.9 Å². The average Bonchev–Trinajstić information content (AvgIpc) is 3.60. The van der Waals surface area contributed by atoms with E-state index in [2.05, 4.69) is 27.0 Å². The maximum absolute atomic E-state index is 12.8. The number of benzene rings is 1. The number of nitrogens with zero attached hydrogens (tertiary/aromatic N) is 6. The van der Waals surface area contributed by atoms with Crippen LogP contribution in [0.2, 0.25) is 0 Å². The van der Waals surface area contributed by atoms with Gasteiger partial charge in [-0.1, -0.05) is 37.6 Å². The molecule has 1 aromatic carbocycles. The highest BCUT2D eigenvalue weighted by Crippen LogP contribution is 2.26. The first-order valence-corrected chi connectivity index (χ1v) is 11.7. The highest BCUT2D eigenvalue weighted by atomic mass is 16.2. The zero-order valence-corrected chi connectivity index (χ0v) is 20.0. The Kier molecular flexibility index (Phi) is 7.19. The quantitative estimate of drug-likeness (QED) is 0.358. The predicted molar refractivity (Wildman–Crippen MR) is 134 cm³/mol. The van der Waals surface area contributed by atoms with Gasteiger partial charge in [0.25, 0.3) is 5.91 Å². The number of carbonyl (C=O) groups is 2. The molecule has 3 aromatic rings. The van der Waals surface area contributed by atoms with Crippen molar-refractivity contribution in [1.29, 1.82) is 0 Å². The van der Waals surface area contributed by atoms with Crippen molar-refractivity contribution in [2.75, 3.05) is 12.8 Å². The van der Waals surface area contributed by atoms with Crippen LogP contribution in [0.1, 0.15) is 54.4 Å². The molecule has 1 saturated carbocycles. The van der Waals surface area contributed by atoms with Crippen molar-refractivity contribution in [2.45, 2.75) is 51.1 Å². The van der Waals surface area contributed by atoms with E-state index in [1.54, 1.807) is 24.3 Å². The molecule has 1 fully saturated rings. The number of aromatic nitrogens is 4. The van der Waals surface area contributed by atoms with Crippen molar-refractivity contribution in [3.8, 4) is 11.1 Å². The topological polar surface area (TPSA) is 145 Å². The maximum Gasteiger partial charge on any atom is 0.281 e. The van der Waals surface area contributed by atoms with Crippen LogP contribution in [0, 0.1) is 0 Å². The molecule has 1 unspecified atom stereocenters. The van der Waals surface area contributed by atoms with Gasteiger partial charge in [-0.15, -0.1) is 0 Å². The molecule has 2 amide bonds. The van der Waals surface area contributed by atoms with E-state index in [-0.39, 0.29) is 30.2 Å². The highest BCUT2D eigenvalue weighted by Gasteiger charge is 2.29. The third kappa shape index (κ3) is 5.89. The van der Waals surface area contributed by atoms with Gasteiger partial charge in [-0.3, -0.25) is 14.3 Å². The molecule has 4 rings (SSSR count). The van der Waals surface area contributed by atoms with Crippen molar-refractivity contribution in [3.63, 3.8) is 0 Å². The number of amidine groups is 1. The van der Waals surface area contributed by atoms with Gasteiger partial charge in [0.15, 0.2) is 0 Å². The van der Waals surface area contributed by atoms with Gasteiger partial charge in [-0.2, -0.15) is 10.1 Å². The van der Waals surface area contributed by atoms with Crippen LogP contribution in [0.3, 0.4) is 0 Å². The van der Waals surface area contributed by atoms with Crippen LogP contribution >= 0.6 is 0 Å². The molecular weight excluding hydrogens is 444 g/mol. The second-order valence-electron chi connectivity index (χ2n) is 8.80. The van der Waals surface area contributed by atoms with Crippen LogP contribution in [-0.2, 0) is 11.3 Å². The van der Waals surface area contributed by atoms with Crippen LogP contribution in [-0.4, -0.2) is 55.4 Å². The summed E-state index contributed by atoms with van der Waals surface area (Å²) in [6, 6.07) is 8.19. The largest absolute Gasteiger partial charge is 0.387 e. The van der Waals surface area contributed by atoms with Crippen LogP contribution in [0.25, 0.3) is 11.1 Å². The van der Waals surface area contributed by atoms with E-state index < -0.39 is 5.91 Å². The van der Waals surface area contributed by atoms with E-state index >= 15 is 0 Å². The van der Waals surface area contributed by atoms with Crippen molar-refractivity contribution in [2.24, 2.45) is 10.7 Å². The van der Waals surface area contributed by atoms with Crippen LogP contribution in [0.4, 0.5) is 5.95 Å². The number of rotatable bonds is 9. The second-order valence-corrected chi connectivity index (χ2v) is 8.80. The molecule has 182 valence electrons. The molecule has 0 aliphatic heterocycles. The molecule has 2 aromatic heterocycles. The van der Waals surface area contributed by atoms with Gasteiger partial charge in [0.1, 0.15) is 12.4 Å². The summed E-state index contributed by atoms with van der Waals surface area (Å²) < 4.78 is 1.46. The lowest BCUT2D eigenvalue weighted by Gasteiger charge is -2.16. The molecule has 2 heterocycles.